The third kappa shape index (κ3) is 3.11. The second kappa shape index (κ2) is 7.09. The fourth-order valence-corrected chi connectivity index (χ4v) is 4.40. The number of rotatable bonds is 4. The first-order chi connectivity index (χ1) is 13.4. The Morgan fingerprint density at radius 2 is 2.00 bits per heavy atom. The van der Waals surface area contributed by atoms with Crippen LogP contribution in [0.25, 0.3) is 0 Å². The number of amides is 2. The summed E-state index contributed by atoms with van der Waals surface area (Å²) in [5, 5.41) is 3.02. The molecule has 3 N–H and O–H groups in total. The Kier molecular flexibility index (Phi) is 4.75. The van der Waals surface area contributed by atoms with Gasteiger partial charge in [0.25, 0.3) is 0 Å². The second-order valence-electron chi connectivity index (χ2n) is 8.07. The average molecular weight is 382 g/mol. The minimum absolute atomic E-state index is 0.00674. The molecule has 4 rings (SSSR count). The zero-order valence-electron chi connectivity index (χ0n) is 16.2. The molecule has 1 aromatic rings. The van der Waals surface area contributed by atoms with E-state index in [9.17, 15) is 9.59 Å². The highest BCUT2D eigenvalue weighted by atomic mass is 16.5. The van der Waals surface area contributed by atoms with Gasteiger partial charge in [0.1, 0.15) is 17.3 Å². The van der Waals surface area contributed by atoms with Crippen molar-refractivity contribution in [3.63, 3.8) is 0 Å². The van der Waals surface area contributed by atoms with E-state index in [1.807, 2.05) is 43.3 Å². The molecule has 3 aliphatic rings. The molecular weight excluding hydrogens is 356 g/mol. The van der Waals surface area contributed by atoms with Crippen LogP contribution in [-0.4, -0.2) is 37.2 Å². The van der Waals surface area contributed by atoms with Crippen LogP contribution in [0.1, 0.15) is 38.2 Å². The number of carbonyl (C=O) groups is 2. The summed E-state index contributed by atoms with van der Waals surface area (Å²) in [4.78, 5) is 25.3. The normalized spacial score (nSPS) is 31.8. The molecule has 6 nitrogen and oxygen atoms in total. The summed E-state index contributed by atoms with van der Waals surface area (Å²) in [6.07, 6.45) is 2.78. The molecule has 4 unspecified atom stereocenters. The Bertz CT molecular complexity index is 855. The first kappa shape index (κ1) is 18.7. The Balaban J connectivity index is 1.73. The van der Waals surface area contributed by atoms with Crippen LogP contribution in [0.3, 0.4) is 0 Å². The van der Waals surface area contributed by atoms with Crippen LogP contribution in [0.5, 0.6) is 0 Å². The van der Waals surface area contributed by atoms with Gasteiger partial charge in [0, 0.05) is 23.7 Å². The number of hydrogen-bond donors (Lipinski definition) is 2. The lowest BCUT2D eigenvalue weighted by Crippen LogP contribution is -2.42. The number of benzene rings is 1. The first-order valence-corrected chi connectivity index (χ1v) is 9.75. The summed E-state index contributed by atoms with van der Waals surface area (Å²) in [6.45, 7) is 4.93. The highest BCUT2D eigenvalue weighted by Crippen LogP contribution is 2.51. The maximum atomic E-state index is 12.9. The molecule has 0 bridgehead atoms. The van der Waals surface area contributed by atoms with Gasteiger partial charge in [-0.2, -0.15) is 0 Å². The summed E-state index contributed by atoms with van der Waals surface area (Å²) in [6, 6.07) is 10.0. The molecule has 1 aromatic carbocycles. The van der Waals surface area contributed by atoms with E-state index >= 15 is 0 Å². The summed E-state index contributed by atoms with van der Waals surface area (Å²) in [7, 11) is 0. The van der Waals surface area contributed by atoms with Gasteiger partial charge >= 0.3 is 0 Å². The third-order valence-corrected chi connectivity index (χ3v) is 6.00. The molecule has 0 saturated carbocycles. The van der Waals surface area contributed by atoms with Gasteiger partial charge in [-0.1, -0.05) is 30.3 Å². The van der Waals surface area contributed by atoms with E-state index in [0.717, 1.165) is 17.6 Å². The molecule has 2 amide bonds. The van der Waals surface area contributed by atoms with Crippen molar-refractivity contribution in [2.45, 2.75) is 44.8 Å². The van der Waals surface area contributed by atoms with E-state index in [2.05, 4.69) is 5.32 Å². The lowest BCUT2D eigenvalue weighted by atomic mass is 9.72. The van der Waals surface area contributed by atoms with Crippen LogP contribution >= 0.6 is 0 Å². The Labute approximate surface area is 164 Å². The number of allylic oxidation sites excluding steroid dienone is 1. The minimum atomic E-state index is -1.04. The van der Waals surface area contributed by atoms with Crippen LogP contribution in [0.4, 0.5) is 0 Å². The van der Waals surface area contributed by atoms with E-state index < -0.39 is 11.3 Å². The minimum Gasteiger partial charge on any atom is -0.493 e. The molecule has 0 spiro atoms. The number of nitrogens with two attached hydrogens (primary N) is 1. The molecule has 0 aromatic heterocycles. The SMILES string of the molecule is CC1OC2=C(C=C(C(=O)NC3CCOC3)CC2(C)C(N)=O)C1c1ccccc1. The Hall–Kier alpha value is -2.60. The maximum Gasteiger partial charge on any atom is 0.247 e. The summed E-state index contributed by atoms with van der Waals surface area (Å²) >= 11 is 0. The van der Waals surface area contributed by atoms with Crippen molar-refractivity contribution >= 4 is 11.8 Å². The summed E-state index contributed by atoms with van der Waals surface area (Å²) in [5.41, 5.74) is 7.27. The third-order valence-electron chi connectivity index (χ3n) is 6.00. The zero-order chi connectivity index (χ0) is 19.9. The number of carbonyl (C=O) groups excluding carboxylic acids is 2. The van der Waals surface area contributed by atoms with Crippen LogP contribution in [0.15, 0.2) is 53.3 Å². The molecule has 6 heteroatoms. The van der Waals surface area contributed by atoms with Crippen LogP contribution in [-0.2, 0) is 19.1 Å². The smallest absolute Gasteiger partial charge is 0.247 e. The van der Waals surface area contributed by atoms with Gasteiger partial charge in [-0.3, -0.25) is 9.59 Å². The molecule has 4 atom stereocenters. The van der Waals surface area contributed by atoms with E-state index in [4.69, 9.17) is 15.2 Å². The van der Waals surface area contributed by atoms with E-state index in [1.165, 1.54) is 0 Å². The van der Waals surface area contributed by atoms with Gasteiger partial charge in [0.05, 0.1) is 12.6 Å². The van der Waals surface area contributed by atoms with Gasteiger partial charge < -0.3 is 20.5 Å². The topological polar surface area (TPSA) is 90.7 Å². The first-order valence-electron chi connectivity index (χ1n) is 9.75. The van der Waals surface area contributed by atoms with Crippen molar-refractivity contribution in [1.29, 1.82) is 0 Å². The molecule has 2 heterocycles. The molecular formula is C22H26N2O4. The average Bonchev–Trinajstić information content (AvgIpc) is 3.29. The number of primary amides is 1. The van der Waals surface area contributed by atoms with Gasteiger partial charge in [-0.25, -0.2) is 0 Å². The van der Waals surface area contributed by atoms with Gasteiger partial charge in [-0.15, -0.1) is 0 Å². The fraction of sp³-hybridized carbons (Fsp3) is 0.455. The van der Waals surface area contributed by atoms with Crippen molar-refractivity contribution in [2.75, 3.05) is 13.2 Å². The van der Waals surface area contributed by atoms with Crippen molar-refractivity contribution in [1.82, 2.24) is 5.32 Å². The lowest BCUT2D eigenvalue weighted by Gasteiger charge is -2.32. The zero-order valence-corrected chi connectivity index (χ0v) is 16.2. The van der Waals surface area contributed by atoms with Crippen LogP contribution < -0.4 is 11.1 Å². The quantitative estimate of drug-likeness (QED) is 0.835. The number of ether oxygens (including phenoxy) is 2. The molecule has 1 aliphatic carbocycles. The summed E-state index contributed by atoms with van der Waals surface area (Å²) in [5.74, 6) is -0.0979. The Morgan fingerprint density at radius 1 is 1.25 bits per heavy atom. The van der Waals surface area contributed by atoms with Gasteiger partial charge in [-0.05, 0) is 38.3 Å². The van der Waals surface area contributed by atoms with Gasteiger partial charge in [0.2, 0.25) is 11.8 Å². The standard InChI is InChI=1S/C22H26N2O4/c1-13-18(14-6-4-3-5-7-14)17-10-15(20(25)24-16-8-9-27-12-16)11-22(2,21(23)26)19(17)28-13/h3-7,10,13,16,18H,8-9,11-12H2,1-2H3,(H2,23,26)(H,24,25). The van der Waals surface area contributed by atoms with E-state index in [-0.39, 0.29) is 30.4 Å². The Morgan fingerprint density at radius 3 is 2.64 bits per heavy atom. The largest absolute Gasteiger partial charge is 0.493 e. The molecule has 148 valence electrons. The highest BCUT2D eigenvalue weighted by molar-refractivity contribution is 5.97. The fourth-order valence-electron chi connectivity index (χ4n) is 4.40. The molecule has 2 aliphatic heterocycles. The van der Waals surface area contributed by atoms with Crippen LogP contribution in [0.2, 0.25) is 0 Å². The van der Waals surface area contributed by atoms with Crippen molar-refractivity contribution in [3.05, 3.63) is 58.9 Å². The van der Waals surface area contributed by atoms with E-state index in [0.29, 0.717) is 24.5 Å². The molecule has 0 radical (unpaired) electrons. The van der Waals surface area contributed by atoms with Crippen molar-refractivity contribution in [2.24, 2.45) is 11.1 Å². The highest BCUT2D eigenvalue weighted by Gasteiger charge is 2.49. The predicted molar refractivity (Wildman–Crippen MR) is 104 cm³/mol. The number of nitrogens with one attached hydrogen (secondary N) is 1. The molecule has 1 saturated heterocycles. The van der Waals surface area contributed by atoms with Crippen LogP contribution in [0, 0.1) is 5.41 Å². The second-order valence-corrected chi connectivity index (χ2v) is 8.07. The van der Waals surface area contributed by atoms with Crippen molar-refractivity contribution in [3.8, 4) is 0 Å². The van der Waals surface area contributed by atoms with Gasteiger partial charge in [0.15, 0.2) is 0 Å². The maximum absolute atomic E-state index is 12.9. The number of hydrogen-bond acceptors (Lipinski definition) is 4. The molecule has 28 heavy (non-hydrogen) atoms. The monoisotopic (exact) mass is 382 g/mol. The summed E-state index contributed by atoms with van der Waals surface area (Å²) < 4.78 is 11.5. The molecule has 1 fully saturated rings. The van der Waals surface area contributed by atoms with E-state index in [1.54, 1.807) is 6.92 Å². The lowest BCUT2D eigenvalue weighted by molar-refractivity contribution is -0.127. The van der Waals surface area contributed by atoms with Crippen molar-refractivity contribution < 1.29 is 19.1 Å². The predicted octanol–water partition coefficient (Wildman–Crippen LogP) is 2.17.